The standard InChI is InChI=1S/C17H18N2O3/c1-22-16-12(5-3-9-18-16)11-19-10-4-7-13-14(17(20)21)6-2-8-15(13)19/h2-3,5-6,8-9H,4,7,10-11H2,1H3,(H,20,21). The van der Waals surface area contributed by atoms with Crippen molar-refractivity contribution >= 4 is 11.7 Å². The largest absolute Gasteiger partial charge is 0.481 e. The van der Waals surface area contributed by atoms with E-state index in [-0.39, 0.29) is 0 Å². The second-order valence-corrected chi connectivity index (χ2v) is 5.31. The summed E-state index contributed by atoms with van der Waals surface area (Å²) in [5, 5.41) is 9.35. The summed E-state index contributed by atoms with van der Waals surface area (Å²) in [4.78, 5) is 17.8. The van der Waals surface area contributed by atoms with Crippen molar-refractivity contribution in [2.24, 2.45) is 0 Å². The second-order valence-electron chi connectivity index (χ2n) is 5.31. The molecule has 5 nitrogen and oxygen atoms in total. The normalized spacial score (nSPS) is 13.6. The smallest absolute Gasteiger partial charge is 0.336 e. The number of aromatic carboxylic acids is 1. The lowest BCUT2D eigenvalue weighted by Crippen LogP contribution is -2.30. The van der Waals surface area contributed by atoms with Crippen molar-refractivity contribution in [3.05, 3.63) is 53.2 Å². The van der Waals surface area contributed by atoms with E-state index in [0.717, 1.165) is 36.2 Å². The minimum Gasteiger partial charge on any atom is -0.481 e. The number of ether oxygens (including phenoxy) is 1. The predicted octanol–water partition coefficient (Wildman–Crippen LogP) is 2.74. The Kier molecular flexibility index (Phi) is 3.96. The molecule has 114 valence electrons. The van der Waals surface area contributed by atoms with Gasteiger partial charge >= 0.3 is 5.97 Å². The number of rotatable bonds is 4. The summed E-state index contributed by atoms with van der Waals surface area (Å²) in [5.41, 5.74) is 3.32. The Bertz CT molecular complexity index is 700. The molecule has 1 N–H and O–H groups in total. The molecular weight excluding hydrogens is 280 g/mol. The number of carboxylic acid groups (broad SMARTS) is 1. The molecule has 0 saturated heterocycles. The first kappa shape index (κ1) is 14.4. The molecule has 1 aliphatic rings. The van der Waals surface area contributed by atoms with Crippen molar-refractivity contribution in [3.63, 3.8) is 0 Å². The number of anilines is 1. The lowest BCUT2D eigenvalue weighted by Gasteiger charge is -2.32. The molecule has 0 amide bonds. The highest BCUT2D eigenvalue weighted by Crippen LogP contribution is 2.32. The van der Waals surface area contributed by atoms with Crippen LogP contribution in [0.25, 0.3) is 0 Å². The van der Waals surface area contributed by atoms with Crippen molar-refractivity contribution in [2.45, 2.75) is 19.4 Å². The Morgan fingerprint density at radius 2 is 2.23 bits per heavy atom. The van der Waals surface area contributed by atoms with Gasteiger partial charge in [0.25, 0.3) is 0 Å². The highest BCUT2D eigenvalue weighted by atomic mass is 16.5. The molecule has 1 aliphatic heterocycles. The van der Waals surface area contributed by atoms with E-state index in [0.29, 0.717) is 18.0 Å². The third-order valence-electron chi connectivity index (χ3n) is 3.98. The molecule has 2 aromatic rings. The zero-order valence-corrected chi connectivity index (χ0v) is 12.5. The molecule has 0 bridgehead atoms. The average Bonchev–Trinajstić information content (AvgIpc) is 2.55. The summed E-state index contributed by atoms with van der Waals surface area (Å²) in [5.74, 6) is -0.248. The lowest BCUT2D eigenvalue weighted by atomic mass is 9.96. The predicted molar refractivity (Wildman–Crippen MR) is 83.6 cm³/mol. The van der Waals surface area contributed by atoms with Gasteiger partial charge in [-0.25, -0.2) is 9.78 Å². The van der Waals surface area contributed by atoms with Crippen LogP contribution in [0.5, 0.6) is 5.88 Å². The first-order valence-electron chi connectivity index (χ1n) is 7.28. The van der Waals surface area contributed by atoms with E-state index in [1.54, 1.807) is 25.4 Å². The Morgan fingerprint density at radius 3 is 3.00 bits per heavy atom. The zero-order valence-electron chi connectivity index (χ0n) is 12.5. The summed E-state index contributed by atoms with van der Waals surface area (Å²) in [6, 6.07) is 9.34. The van der Waals surface area contributed by atoms with E-state index in [2.05, 4.69) is 9.88 Å². The van der Waals surface area contributed by atoms with E-state index in [1.165, 1.54) is 0 Å². The van der Waals surface area contributed by atoms with Crippen LogP contribution >= 0.6 is 0 Å². The fourth-order valence-electron chi connectivity index (χ4n) is 3.00. The van der Waals surface area contributed by atoms with E-state index in [9.17, 15) is 9.90 Å². The zero-order chi connectivity index (χ0) is 15.5. The number of benzene rings is 1. The van der Waals surface area contributed by atoms with Crippen molar-refractivity contribution < 1.29 is 14.6 Å². The van der Waals surface area contributed by atoms with Crippen LogP contribution < -0.4 is 9.64 Å². The Balaban J connectivity index is 1.95. The summed E-state index contributed by atoms with van der Waals surface area (Å²) in [6.45, 7) is 1.56. The molecule has 5 heteroatoms. The number of pyridine rings is 1. The van der Waals surface area contributed by atoms with Crippen LogP contribution in [0.1, 0.15) is 27.9 Å². The Hall–Kier alpha value is -2.56. The maximum atomic E-state index is 11.4. The molecule has 0 atom stereocenters. The molecule has 2 heterocycles. The highest BCUT2D eigenvalue weighted by Gasteiger charge is 2.22. The monoisotopic (exact) mass is 298 g/mol. The first-order valence-corrected chi connectivity index (χ1v) is 7.28. The summed E-state index contributed by atoms with van der Waals surface area (Å²) < 4.78 is 5.30. The van der Waals surface area contributed by atoms with Crippen LogP contribution in [0.3, 0.4) is 0 Å². The molecule has 1 aromatic heterocycles. The maximum absolute atomic E-state index is 11.4. The summed E-state index contributed by atoms with van der Waals surface area (Å²) >= 11 is 0. The van der Waals surface area contributed by atoms with Crippen LogP contribution in [0.2, 0.25) is 0 Å². The molecule has 0 fully saturated rings. The summed E-state index contributed by atoms with van der Waals surface area (Å²) in [7, 11) is 1.61. The van der Waals surface area contributed by atoms with Crippen LogP contribution in [0.4, 0.5) is 5.69 Å². The van der Waals surface area contributed by atoms with Crippen LogP contribution in [-0.2, 0) is 13.0 Å². The van der Waals surface area contributed by atoms with E-state index >= 15 is 0 Å². The van der Waals surface area contributed by atoms with Gasteiger partial charge in [-0.05, 0) is 36.6 Å². The average molecular weight is 298 g/mol. The number of methoxy groups -OCH3 is 1. The second kappa shape index (κ2) is 6.05. The number of hydrogen-bond donors (Lipinski definition) is 1. The maximum Gasteiger partial charge on any atom is 0.336 e. The number of aromatic nitrogens is 1. The van der Waals surface area contributed by atoms with E-state index in [4.69, 9.17) is 4.74 Å². The van der Waals surface area contributed by atoms with Gasteiger partial charge in [0.05, 0.1) is 12.7 Å². The molecule has 0 unspecified atom stereocenters. The Morgan fingerprint density at radius 1 is 1.36 bits per heavy atom. The van der Waals surface area contributed by atoms with Gasteiger partial charge in [-0.1, -0.05) is 12.1 Å². The molecule has 22 heavy (non-hydrogen) atoms. The van der Waals surface area contributed by atoms with E-state index in [1.807, 2.05) is 18.2 Å². The highest BCUT2D eigenvalue weighted by molar-refractivity contribution is 5.91. The van der Waals surface area contributed by atoms with E-state index < -0.39 is 5.97 Å². The molecular formula is C17H18N2O3. The minimum atomic E-state index is -0.863. The Labute approximate surface area is 129 Å². The van der Waals surface area contributed by atoms with Crippen molar-refractivity contribution in [2.75, 3.05) is 18.6 Å². The lowest BCUT2D eigenvalue weighted by molar-refractivity contribution is 0.0695. The van der Waals surface area contributed by atoms with Gasteiger partial charge in [-0.2, -0.15) is 0 Å². The third-order valence-corrected chi connectivity index (χ3v) is 3.98. The third kappa shape index (κ3) is 2.62. The molecule has 0 spiro atoms. The molecule has 1 aromatic carbocycles. The fourth-order valence-corrected chi connectivity index (χ4v) is 3.00. The number of hydrogen-bond acceptors (Lipinski definition) is 4. The topological polar surface area (TPSA) is 62.7 Å². The minimum absolute atomic E-state index is 0.403. The molecule has 0 saturated carbocycles. The first-order chi connectivity index (χ1) is 10.7. The number of carbonyl (C=O) groups is 1. The van der Waals surface area contributed by atoms with Gasteiger partial charge in [0.1, 0.15) is 0 Å². The number of carboxylic acids is 1. The van der Waals surface area contributed by atoms with Crippen molar-refractivity contribution in [1.82, 2.24) is 4.98 Å². The summed E-state index contributed by atoms with van der Waals surface area (Å²) in [6.07, 6.45) is 3.45. The van der Waals surface area contributed by atoms with Crippen molar-refractivity contribution in [3.8, 4) is 5.88 Å². The van der Waals surface area contributed by atoms with Gasteiger partial charge in [-0.3, -0.25) is 0 Å². The quantitative estimate of drug-likeness (QED) is 0.940. The number of fused-ring (bicyclic) bond motifs is 1. The van der Waals surface area contributed by atoms with Gasteiger partial charge in [-0.15, -0.1) is 0 Å². The van der Waals surface area contributed by atoms with Crippen LogP contribution in [-0.4, -0.2) is 29.7 Å². The molecule has 3 rings (SSSR count). The van der Waals surface area contributed by atoms with Gasteiger partial charge in [0, 0.05) is 30.5 Å². The SMILES string of the molecule is COc1ncccc1CN1CCCc2c(C(=O)O)cccc21. The van der Waals surface area contributed by atoms with Crippen LogP contribution in [0, 0.1) is 0 Å². The molecule has 0 aliphatic carbocycles. The number of nitrogens with zero attached hydrogens (tertiary/aromatic N) is 2. The van der Waals surface area contributed by atoms with Crippen LogP contribution in [0.15, 0.2) is 36.5 Å². The van der Waals surface area contributed by atoms with Crippen molar-refractivity contribution in [1.29, 1.82) is 0 Å². The van der Waals surface area contributed by atoms with Gasteiger partial charge < -0.3 is 14.7 Å². The fraction of sp³-hybridized carbons (Fsp3) is 0.294. The van der Waals surface area contributed by atoms with Gasteiger partial charge in [0.15, 0.2) is 0 Å². The van der Waals surface area contributed by atoms with Gasteiger partial charge in [0.2, 0.25) is 5.88 Å². The molecule has 0 radical (unpaired) electrons.